The van der Waals surface area contributed by atoms with Crippen LogP contribution in [0.1, 0.15) is 19.3 Å². The van der Waals surface area contributed by atoms with Gasteiger partial charge in [-0.15, -0.1) is 10.2 Å². The van der Waals surface area contributed by atoms with Crippen LogP contribution in [-0.2, 0) is 0 Å². The van der Waals surface area contributed by atoms with Crippen LogP contribution in [0.3, 0.4) is 0 Å². The van der Waals surface area contributed by atoms with Crippen LogP contribution in [-0.4, -0.2) is 47.3 Å². The maximum absolute atomic E-state index is 5.57. The number of hydrogen-bond acceptors (Lipinski definition) is 5. The van der Waals surface area contributed by atoms with E-state index in [1.165, 1.54) is 19.3 Å². The van der Waals surface area contributed by atoms with E-state index in [-0.39, 0.29) is 0 Å². The molecule has 0 spiro atoms. The van der Waals surface area contributed by atoms with Crippen LogP contribution in [0.4, 0.5) is 11.6 Å². The van der Waals surface area contributed by atoms with Crippen LogP contribution in [0, 0.1) is 0 Å². The molecule has 1 aromatic rings. The highest BCUT2D eigenvalue weighted by atomic mass is 15.3. The summed E-state index contributed by atoms with van der Waals surface area (Å²) in [5, 5.41) is 8.12. The Bertz CT molecular complexity index is 390. The molecule has 3 rings (SSSR count). The second kappa shape index (κ2) is 4.14. The highest BCUT2D eigenvalue weighted by Crippen LogP contribution is 2.29. The lowest BCUT2D eigenvalue weighted by Gasteiger charge is -2.26. The molecule has 0 radical (unpaired) electrons. The summed E-state index contributed by atoms with van der Waals surface area (Å²) < 4.78 is 0. The molecule has 2 unspecified atom stereocenters. The molecule has 2 N–H and O–H groups in total. The molecule has 0 amide bonds. The summed E-state index contributed by atoms with van der Waals surface area (Å²) in [5.41, 5.74) is 5.57. The summed E-state index contributed by atoms with van der Waals surface area (Å²) in [6.07, 6.45) is 3.88. The molecule has 2 aliphatic heterocycles. The molecular weight excluding hydrogens is 214 g/mol. The first-order valence-corrected chi connectivity index (χ1v) is 6.30. The molecule has 0 aromatic carbocycles. The van der Waals surface area contributed by atoms with Gasteiger partial charge in [0.05, 0.1) is 0 Å². The molecule has 3 heterocycles. The Morgan fingerprint density at radius 2 is 2.00 bits per heavy atom. The zero-order valence-electron chi connectivity index (χ0n) is 10.2. The summed E-state index contributed by atoms with van der Waals surface area (Å²) in [7, 11) is 2.25. The standard InChI is InChI=1S/C12H19N5/c1-16-9-2-3-10(16)8-17(7-6-9)12-5-4-11(13)14-15-12/h4-5,9-10H,2-3,6-8H2,1H3,(H2,13,14). The smallest absolute Gasteiger partial charge is 0.151 e. The maximum Gasteiger partial charge on any atom is 0.151 e. The van der Waals surface area contributed by atoms with Gasteiger partial charge in [0.1, 0.15) is 5.82 Å². The Morgan fingerprint density at radius 1 is 1.18 bits per heavy atom. The Kier molecular flexibility index (Phi) is 2.63. The minimum Gasteiger partial charge on any atom is -0.382 e. The van der Waals surface area contributed by atoms with Gasteiger partial charge in [0, 0.05) is 25.2 Å². The van der Waals surface area contributed by atoms with Gasteiger partial charge in [0.25, 0.3) is 0 Å². The van der Waals surface area contributed by atoms with Crippen LogP contribution >= 0.6 is 0 Å². The van der Waals surface area contributed by atoms with Crippen molar-refractivity contribution >= 4 is 11.6 Å². The molecule has 2 saturated heterocycles. The van der Waals surface area contributed by atoms with Crippen molar-refractivity contribution in [3.05, 3.63) is 12.1 Å². The molecular formula is C12H19N5. The molecule has 2 fully saturated rings. The maximum atomic E-state index is 5.57. The van der Waals surface area contributed by atoms with E-state index in [4.69, 9.17) is 5.73 Å². The predicted molar refractivity (Wildman–Crippen MR) is 67.8 cm³/mol. The Morgan fingerprint density at radius 3 is 2.76 bits per heavy atom. The number of nitrogens with two attached hydrogens (primary N) is 1. The van der Waals surface area contributed by atoms with E-state index in [0.29, 0.717) is 11.9 Å². The van der Waals surface area contributed by atoms with E-state index in [1.807, 2.05) is 12.1 Å². The third-order valence-electron chi connectivity index (χ3n) is 4.14. The zero-order valence-corrected chi connectivity index (χ0v) is 10.2. The number of nitrogen functional groups attached to an aromatic ring is 1. The second-order valence-electron chi connectivity index (χ2n) is 5.10. The first-order chi connectivity index (χ1) is 8.24. The van der Waals surface area contributed by atoms with E-state index in [2.05, 4.69) is 27.0 Å². The van der Waals surface area contributed by atoms with Crippen molar-refractivity contribution in [1.82, 2.24) is 15.1 Å². The molecule has 2 aliphatic rings. The number of fused-ring (bicyclic) bond motifs is 2. The van der Waals surface area contributed by atoms with Gasteiger partial charge >= 0.3 is 0 Å². The Hall–Kier alpha value is -1.36. The van der Waals surface area contributed by atoms with Gasteiger partial charge < -0.3 is 10.6 Å². The van der Waals surface area contributed by atoms with Gasteiger partial charge in [-0.1, -0.05) is 0 Å². The predicted octanol–water partition coefficient (Wildman–Crippen LogP) is 0.732. The Labute approximate surface area is 102 Å². The number of aromatic nitrogens is 2. The fourth-order valence-corrected chi connectivity index (χ4v) is 3.02. The van der Waals surface area contributed by atoms with Crippen molar-refractivity contribution in [3.63, 3.8) is 0 Å². The lowest BCUT2D eigenvalue weighted by molar-refractivity contribution is 0.254. The first-order valence-electron chi connectivity index (χ1n) is 6.30. The molecule has 5 nitrogen and oxygen atoms in total. The monoisotopic (exact) mass is 233 g/mol. The van der Waals surface area contributed by atoms with Crippen molar-refractivity contribution in [3.8, 4) is 0 Å². The van der Waals surface area contributed by atoms with Crippen molar-refractivity contribution < 1.29 is 0 Å². The molecule has 2 bridgehead atoms. The zero-order chi connectivity index (χ0) is 11.8. The first kappa shape index (κ1) is 10.8. The average molecular weight is 233 g/mol. The van der Waals surface area contributed by atoms with Gasteiger partial charge in [-0.3, -0.25) is 4.90 Å². The lowest BCUT2D eigenvalue weighted by atomic mass is 10.1. The third-order valence-corrected chi connectivity index (χ3v) is 4.14. The van der Waals surface area contributed by atoms with Crippen molar-refractivity contribution in [2.45, 2.75) is 31.3 Å². The van der Waals surface area contributed by atoms with E-state index in [9.17, 15) is 0 Å². The van der Waals surface area contributed by atoms with Gasteiger partial charge in [0.2, 0.25) is 0 Å². The van der Waals surface area contributed by atoms with E-state index >= 15 is 0 Å². The highest BCUT2D eigenvalue weighted by Gasteiger charge is 2.34. The highest BCUT2D eigenvalue weighted by molar-refractivity contribution is 5.41. The van der Waals surface area contributed by atoms with Crippen molar-refractivity contribution in [2.75, 3.05) is 30.8 Å². The molecule has 5 heteroatoms. The quantitative estimate of drug-likeness (QED) is 0.775. The van der Waals surface area contributed by atoms with E-state index < -0.39 is 0 Å². The lowest BCUT2D eigenvalue weighted by Crippen LogP contribution is -2.37. The van der Waals surface area contributed by atoms with Crippen molar-refractivity contribution in [2.24, 2.45) is 0 Å². The van der Waals surface area contributed by atoms with Crippen LogP contribution in [0.25, 0.3) is 0 Å². The normalized spacial score (nSPS) is 29.4. The average Bonchev–Trinajstić information content (AvgIpc) is 2.55. The molecule has 0 aliphatic carbocycles. The topological polar surface area (TPSA) is 58.3 Å². The SMILES string of the molecule is CN1C2CCC1CN(c1ccc(N)nn1)CC2. The fourth-order valence-electron chi connectivity index (χ4n) is 3.02. The third kappa shape index (κ3) is 1.95. The van der Waals surface area contributed by atoms with Crippen LogP contribution in [0.15, 0.2) is 12.1 Å². The van der Waals surface area contributed by atoms with Crippen LogP contribution in [0.5, 0.6) is 0 Å². The summed E-state index contributed by atoms with van der Waals surface area (Å²) in [6.45, 7) is 2.13. The molecule has 0 saturated carbocycles. The second-order valence-corrected chi connectivity index (χ2v) is 5.10. The summed E-state index contributed by atoms with van der Waals surface area (Å²) >= 11 is 0. The van der Waals surface area contributed by atoms with Gasteiger partial charge in [-0.2, -0.15) is 0 Å². The van der Waals surface area contributed by atoms with Gasteiger partial charge in [-0.05, 0) is 38.4 Å². The molecule has 1 aromatic heterocycles. The summed E-state index contributed by atoms with van der Waals surface area (Å²) in [6, 6.07) is 5.23. The molecule has 17 heavy (non-hydrogen) atoms. The largest absolute Gasteiger partial charge is 0.382 e. The Balaban J connectivity index is 1.79. The van der Waals surface area contributed by atoms with Gasteiger partial charge in [-0.25, -0.2) is 0 Å². The number of anilines is 2. The van der Waals surface area contributed by atoms with Crippen molar-refractivity contribution in [1.29, 1.82) is 0 Å². The van der Waals surface area contributed by atoms with Crippen LogP contribution in [0.2, 0.25) is 0 Å². The minimum atomic E-state index is 0.488. The minimum absolute atomic E-state index is 0.488. The van der Waals surface area contributed by atoms with E-state index in [0.717, 1.165) is 24.9 Å². The number of likely N-dealkylation sites (N-methyl/N-ethyl adjacent to an activating group) is 1. The number of nitrogens with zero attached hydrogens (tertiary/aromatic N) is 4. The summed E-state index contributed by atoms with van der Waals surface area (Å²) in [4.78, 5) is 4.87. The molecule has 2 atom stereocenters. The number of hydrogen-bond donors (Lipinski definition) is 1. The molecule has 92 valence electrons. The van der Waals surface area contributed by atoms with Crippen LogP contribution < -0.4 is 10.6 Å². The number of rotatable bonds is 1. The van der Waals surface area contributed by atoms with Gasteiger partial charge in [0.15, 0.2) is 5.82 Å². The van der Waals surface area contributed by atoms with E-state index in [1.54, 1.807) is 0 Å². The summed E-state index contributed by atoms with van der Waals surface area (Å²) in [5.74, 6) is 1.45. The fraction of sp³-hybridized carbons (Fsp3) is 0.667.